The minimum absolute atomic E-state index is 0.197. The largest absolute Gasteiger partial charge is 0.490 e. The van der Waals surface area contributed by atoms with Gasteiger partial charge in [-0.25, -0.2) is 4.79 Å². The van der Waals surface area contributed by atoms with E-state index in [4.69, 9.17) is 9.90 Å². The number of benzene rings is 2. The molecule has 0 radical (unpaired) electrons. The highest BCUT2D eigenvalue weighted by Gasteiger charge is 2.39. The van der Waals surface area contributed by atoms with Crippen molar-refractivity contribution in [3.05, 3.63) is 71.3 Å². The molecule has 0 bridgehead atoms. The number of piperidine rings is 2. The molecule has 2 aliphatic rings. The number of alkyl halides is 3. The normalized spacial score (nSPS) is 18.2. The summed E-state index contributed by atoms with van der Waals surface area (Å²) in [6.07, 6.45) is -0.230. The zero-order valence-electron chi connectivity index (χ0n) is 19.4. The Labute approximate surface area is 198 Å². The summed E-state index contributed by atoms with van der Waals surface area (Å²) in [4.78, 5) is 26.2. The van der Waals surface area contributed by atoms with Gasteiger partial charge in [0, 0.05) is 25.2 Å². The van der Waals surface area contributed by atoms with E-state index in [2.05, 4.69) is 41.0 Å². The molecule has 2 aliphatic heterocycles. The smallest absolute Gasteiger partial charge is 0.475 e. The van der Waals surface area contributed by atoms with Crippen molar-refractivity contribution in [1.82, 2.24) is 9.80 Å². The quantitative estimate of drug-likeness (QED) is 0.666. The second-order valence-electron chi connectivity index (χ2n) is 9.23. The summed E-state index contributed by atoms with van der Waals surface area (Å²) in [7, 11) is 0. The number of halogens is 3. The molecule has 2 aromatic rings. The Morgan fingerprint density at radius 1 is 0.912 bits per heavy atom. The third-order valence-corrected chi connectivity index (χ3v) is 6.78. The lowest BCUT2D eigenvalue weighted by atomic mass is 9.71. The number of amides is 1. The lowest BCUT2D eigenvalue weighted by Gasteiger charge is -2.47. The van der Waals surface area contributed by atoms with Gasteiger partial charge < -0.3 is 10.0 Å². The van der Waals surface area contributed by atoms with Gasteiger partial charge in [0.1, 0.15) is 0 Å². The zero-order valence-corrected chi connectivity index (χ0v) is 19.4. The fourth-order valence-electron chi connectivity index (χ4n) is 4.70. The minimum atomic E-state index is -5.08. The van der Waals surface area contributed by atoms with Crippen molar-refractivity contribution >= 4 is 11.9 Å². The van der Waals surface area contributed by atoms with Gasteiger partial charge in [0.15, 0.2) is 0 Å². The number of hydrogen-bond donors (Lipinski definition) is 1. The van der Waals surface area contributed by atoms with Crippen LogP contribution in [0.3, 0.4) is 0 Å². The molecule has 184 valence electrons. The van der Waals surface area contributed by atoms with Crippen molar-refractivity contribution in [3.8, 4) is 0 Å². The van der Waals surface area contributed by atoms with Crippen LogP contribution in [0.5, 0.6) is 0 Å². The second-order valence-corrected chi connectivity index (χ2v) is 9.23. The van der Waals surface area contributed by atoms with E-state index in [1.807, 2.05) is 30.3 Å². The van der Waals surface area contributed by atoms with Crippen LogP contribution in [-0.2, 0) is 11.3 Å². The van der Waals surface area contributed by atoms with Gasteiger partial charge in [-0.05, 0) is 68.8 Å². The van der Waals surface area contributed by atoms with Crippen LogP contribution in [0.4, 0.5) is 13.2 Å². The monoisotopic (exact) mass is 476 g/mol. The molecule has 4 rings (SSSR count). The van der Waals surface area contributed by atoms with Crippen molar-refractivity contribution in [2.75, 3.05) is 26.2 Å². The molecular weight excluding hydrogens is 445 g/mol. The Bertz CT molecular complexity index is 961. The maximum absolute atomic E-state index is 12.7. The van der Waals surface area contributed by atoms with E-state index in [0.717, 1.165) is 38.0 Å². The molecule has 1 amide bonds. The van der Waals surface area contributed by atoms with Crippen molar-refractivity contribution in [2.24, 2.45) is 5.41 Å². The molecule has 0 aliphatic carbocycles. The standard InChI is InChI=1S/C24H30N2O.C2HF3O2/c1-20-6-5-7-21(18-20)19-25-14-10-24(11-15-25)12-16-26(17-13-24)23(27)22-8-3-2-4-9-22;3-2(4,5)1(6)7/h2-9,18H,10-17,19H2,1H3;(H,6,7). The van der Waals surface area contributed by atoms with Crippen LogP contribution in [0.15, 0.2) is 54.6 Å². The lowest BCUT2D eigenvalue weighted by Crippen LogP contribution is -2.48. The van der Waals surface area contributed by atoms with E-state index >= 15 is 0 Å². The molecule has 2 aromatic carbocycles. The first-order valence-electron chi connectivity index (χ1n) is 11.5. The van der Waals surface area contributed by atoms with Crippen LogP contribution in [0.1, 0.15) is 47.2 Å². The number of carbonyl (C=O) groups excluding carboxylic acids is 1. The van der Waals surface area contributed by atoms with Gasteiger partial charge in [0.2, 0.25) is 0 Å². The van der Waals surface area contributed by atoms with Crippen LogP contribution in [-0.4, -0.2) is 59.1 Å². The molecule has 2 heterocycles. The zero-order chi connectivity index (χ0) is 24.8. The molecule has 5 nitrogen and oxygen atoms in total. The number of hydrogen-bond acceptors (Lipinski definition) is 3. The molecule has 34 heavy (non-hydrogen) atoms. The Morgan fingerprint density at radius 3 is 2.00 bits per heavy atom. The van der Waals surface area contributed by atoms with Gasteiger partial charge >= 0.3 is 12.1 Å². The van der Waals surface area contributed by atoms with Gasteiger partial charge in [-0.15, -0.1) is 0 Å². The number of carbonyl (C=O) groups is 2. The third kappa shape index (κ3) is 7.06. The van der Waals surface area contributed by atoms with E-state index in [-0.39, 0.29) is 5.91 Å². The van der Waals surface area contributed by atoms with E-state index in [0.29, 0.717) is 5.41 Å². The summed E-state index contributed by atoms with van der Waals surface area (Å²) in [6, 6.07) is 18.6. The summed E-state index contributed by atoms with van der Waals surface area (Å²) in [5.74, 6) is -2.56. The van der Waals surface area contributed by atoms with E-state index < -0.39 is 12.1 Å². The highest BCUT2D eigenvalue weighted by Crippen LogP contribution is 2.41. The average Bonchev–Trinajstić information content (AvgIpc) is 2.81. The van der Waals surface area contributed by atoms with Gasteiger partial charge in [-0.3, -0.25) is 9.69 Å². The number of aryl methyl sites for hydroxylation is 1. The highest BCUT2D eigenvalue weighted by molar-refractivity contribution is 5.94. The predicted molar refractivity (Wildman–Crippen MR) is 123 cm³/mol. The number of likely N-dealkylation sites (tertiary alicyclic amines) is 2. The molecular formula is C26H31F3N2O3. The van der Waals surface area contributed by atoms with Crippen LogP contribution >= 0.6 is 0 Å². The summed E-state index contributed by atoms with van der Waals surface area (Å²) in [5.41, 5.74) is 4.04. The molecule has 0 unspecified atom stereocenters. The fourth-order valence-corrected chi connectivity index (χ4v) is 4.70. The average molecular weight is 477 g/mol. The van der Waals surface area contributed by atoms with Crippen molar-refractivity contribution < 1.29 is 27.9 Å². The summed E-state index contributed by atoms with van der Waals surface area (Å²) >= 11 is 0. The first-order chi connectivity index (χ1) is 16.1. The number of nitrogens with zero attached hydrogens (tertiary/aromatic N) is 2. The number of carboxylic acids is 1. The molecule has 0 aromatic heterocycles. The van der Waals surface area contributed by atoms with E-state index in [1.165, 1.54) is 37.1 Å². The highest BCUT2D eigenvalue weighted by atomic mass is 19.4. The van der Waals surface area contributed by atoms with Gasteiger partial charge in [-0.1, -0.05) is 48.0 Å². The summed E-state index contributed by atoms with van der Waals surface area (Å²) < 4.78 is 31.7. The van der Waals surface area contributed by atoms with Crippen molar-refractivity contribution in [1.29, 1.82) is 0 Å². The van der Waals surface area contributed by atoms with Gasteiger partial charge in [0.25, 0.3) is 5.91 Å². The lowest BCUT2D eigenvalue weighted by molar-refractivity contribution is -0.192. The Kier molecular flexibility index (Phi) is 8.36. The molecule has 2 saturated heterocycles. The van der Waals surface area contributed by atoms with Crippen LogP contribution < -0.4 is 0 Å². The molecule has 1 spiro atoms. The van der Waals surface area contributed by atoms with Gasteiger partial charge in [0.05, 0.1) is 0 Å². The third-order valence-electron chi connectivity index (χ3n) is 6.78. The van der Waals surface area contributed by atoms with Crippen molar-refractivity contribution in [3.63, 3.8) is 0 Å². The molecule has 0 atom stereocenters. The maximum atomic E-state index is 12.7. The summed E-state index contributed by atoms with van der Waals surface area (Å²) in [5, 5.41) is 7.12. The fraction of sp³-hybridized carbons (Fsp3) is 0.462. The number of rotatable bonds is 3. The minimum Gasteiger partial charge on any atom is -0.475 e. The first-order valence-corrected chi connectivity index (χ1v) is 11.5. The maximum Gasteiger partial charge on any atom is 0.490 e. The summed E-state index contributed by atoms with van der Waals surface area (Å²) in [6.45, 7) is 7.41. The molecule has 8 heteroatoms. The number of carboxylic acid groups (broad SMARTS) is 1. The Morgan fingerprint density at radius 2 is 1.47 bits per heavy atom. The molecule has 2 fully saturated rings. The van der Waals surface area contributed by atoms with Crippen LogP contribution in [0.2, 0.25) is 0 Å². The second kappa shape index (κ2) is 11.0. The predicted octanol–water partition coefficient (Wildman–Crippen LogP) is 5.15. The Balaban J connectivity index is 0.000000406. The number of aliphatic carboxylic acids is 1. The van der Waals surface area contributed by atoms with E-state index in [1.54, 1.807) is 0 Å². The Hall–Kier alpha value is -2.87. The molecule has 1 N–H and O–H groups in total. The van der Waals surface area contributed by atoms with Crippen molar-refractivity contribution in [2.45, 2.75) is 45.3 Å². The van der Waals surface area contributed by atoms with Crippen LogP contribution in [0, 0.1) is 12.3 Å². The van der Waals surface area contributed by atoms with Gasteiger partial charge in [-0.2, -0.15) is 13.2 Å². The molecule has 0 saturated carbocycles. The topological polar surface area (TPSA) is 60.9 Å². The SMILES string of the molecule is Cc1cccc(CN2CCC3(CC2)CCN(C(=O)c2ccccc2)CC3)c1.O=C(O)C(F)(F)F. The van der Waals surface area contributed by atoms with E-state index in [9.17, 15) is 18.0 Å². The first kappa shape index (κ1) is 25.7. The van der Waals surface area contributed by atoms with Crippen LogP contribution in [0.25, 0.3) is 0 Å².